The van der Waals surface area contributed by atoms with E-state index in [2.05, 4.69) is 16.4 Å². The van der Waals surface area contributed by atoms with E-state index < -0.39 is 0 Å². The number of furan rings is 1. The van der Waals surface area contributed by atoms with Crippen LogP contribution in [0.3, 0.4) is 0 Å². The average molecular weight is 565 g/mol. The van der Waals surface area contributed by atoms with E-state index in [1.54, 1.807) is 19.4 Å². The maximum absolute atomic E-state index is 13.3. The van der Waals surface area contributed by atoms with Crippen LogP contribution in [-0.4, -0.2) is 68.5 Å². The maximum Gasteiger partial charge on any atom is 0.254 e. The lowest BCUT2D eigenvalue weighted by molar-refractivity contribution is 0.0751. The van der Waals surface area contributed by atoms with E-state index in [1.165, 1.54) is 0 Å². The van der Waals surface area contributed by atoms with Crippen molar-refractivity contribution in [1.82, 2.24) is 9.88 Å². The fourth-order valence-corrected chi connectivity index (χ4v) is 6.35. The Hall–Kier alpha value is -4.39. The van der Waals surface area contributed by atoms with Crippen molar-refractivity contribution in [2.45, 2.75) is 18.9 Å². The number of ether oxygens (including phenoxy) is 3. The molecule has 0 spiro atoms. The Balaban J connectivity index is 1.17. The molecule has 3 saturated heterocycles. The minimum absolute atomic E-state index is 0.00543. The smallest absolute Gasteiger partial charge is 0.254 e. The monoisotopic (exact) mass is 564 g/mol. The molecule has 2 aromatic heterocycles. The fourth-order valence-electron chi connectivity index (χ4n) is 6.35. The molecule has 0 bridgehead atoms. The van der Waals surface area contributed by atoms with Crippen LogP contribution in [0, 0.1) is 23.2 Å². The normalized spacial score (nSPS) is 20.4. The van der Waals surface area contributed by atoms with Gasteiger partial charge >= 0.3 is 0 Å². The Bertz CT molecular complexity index is 1670. The van der Waals surface area contributed by atoms with Crippen LogP contribution in [0.1, 0.15) is 28.8 Å². The molecule has 7 rings (SSSR count). The molecular formula is C33H32N4O5. The van der Waals surface area contributed by atoms with Gasteiger partial charge < -0.3 is 28.8 Å². The number of amides is 1. The topological polar surface area (TPSA) is 110 Å². The lowest BCUT2D eigenvalue weighted by atomic mass is 10.0. The minimum atomic E-state index is 0.00543. The van der Waals surface area contributed by atoms with Crippen LogP contribution >= 0.6 is 0 Å². The Kier molecular flexibility index (Phi) is 7.02. The summed E-state index contributed by atoms with van der Waals surface area (Å²) >= 11 is 0. The first-order chi connectivity index (χ1) is 20.6. The standard InChI is InChI=1S/C33H32N4O5/c1-39-30-13-21(33(38)37-16-23-18-41-19-24(23)17-37)2-4-27(30)31-14-29-32(42-31)26(6-9-35-29)20-3-5-28(22(12-20)15-34)36-25-7-10-40-11-8-25/h2-6,9,12-14,23-25,36H,7-8,10-11,16-19H2,1H3. The molecule has 3 aliphatic rings. The maximum atomic E-state index is 13.3. The molecule has 42 heavy (non-hydrogen) atoms. The Morgan fingerprint density at radius 1 is 1.02 bits per heavy atom. The van der Waals surface area contributed by atoms with Gasteiger partial charge in [-0.3, -0.25) is 9.78 Å². The van der Waals surface area contributed by atoms with Crippen LogP contribution in [-0.2, 0) is 9.47 Å². The first kappa shape index (κ1) is 26.5. The van der Waals surface area contributed by atoms with Gasteiger partial charge in [-0.05, 0) is 54.8 Å². The Labute approximate surface area is 244 Å². The summed E-state index contributed by atoms with van der Waals surface area (Å²) in [5, 5.41) is 13.4. The molecule has 9 nitrogen and oxygen atoms in total. The summed E-state index contributed by atoms with van der Waals surface area (Å²) in [6.07, 6.45) is 3.58. The highest BCUT2D eigenvalue weighted by molar-refractivity contribution is 5.97. The Morgan fingerprint density at radius 3 is 2.60 bits per heavy atom. The number of carbonyl (C=O) groups is 1. The zero-order valence-electron chi connectivity index (χ0n) is 23.5. The van der Waals surface area contributed by atoms with Gasteiger partial charge in [-0.1, -0.05) is 6.07 Å². The molecule has 0 saturated carbocycles. The predicted octanol–water partition coefficient (Wildman–Crippen LogP) is 5.35. The quantitative estimate of drug-likeness (QED) is 0.334. The number of methoxy groups -OCH3 is 1. The van der Waals surface area contributed by atoms with Crippen molar-refractivity contribution in [1.29, 1.82) is 5.26 Å². The number of pyridine rings is 1. The number of nitrogens with zero attached hydrogens (tertiary/aromatic N) is 3. The van der Waals surface area contributed by atoms with Crippen LogP contribution < -0.4 is 10.1 Å². The number of likely N-dealkylation sites (tertiary alicyclic amines) is 1. The number of aromatic nitrogens is 1. The molecule has 3 fully saturated rings. The van der Waals surface area contributed by atoms with E-state index in [4.69, 9.17) is 18.6 Å². The van der Waals surface area contributed by atoms with Crippen molar-refractivity contribution < 1.29 is 23.4 Å². The van der Waals surface area contributed by atoms with Crippen LogP contribution in [0.25, 0.3) is 33.6 Å². The second-order valence-electron chi connectivity index (χ2n) is 11.3. The largest absolute Gasteiger partial charge is 0.496 e. The minimum Gasteiger partial charge on any atom is -0.496 e. The van der Waals surface area contributed by atoms with E-state index in [9.17, 15) is 10.1 Å². The Morgan fingerprint density at radius 2 is 1.83 bits per heavy atom. The highest BCUT2D eigenvalue weighted by Gasteiger charge is 2.39. The molecule has 4 aromatic rings. The lowest BCUT2D eigenvalue weighted by Gasteiger charge is -2.24. The number of nitriles is 1. The summed E-state index contributed by atoms with van der Waals surface area (Å²) in [5.41, 5.74) is 5.74. The van der Waals surface area contributed by atoms with Crippen LogP contribution in [0.2, 0.25) is 0 Å². The highest BCUT2D eigenvalue weighted by Crippen LogP contribution is 2.39. The molecular weight excluding hydrogens is 532 g/mol. The summed E-state index contributed by atoms with van der Waals surface area (Å²) in [5.74, 6) is 2.00. The SMILES string of the molecule is COc1cc(C(=O)N2CC3COCC3C2)ccc1-c1cc2nccc(-c3ccc(NC4CCOCC4)c(C#N)c3)c2o1. The summed E-state index contributed by atoms with van der Waals surface area (Å²) < 4.78 is 23.1. The van der Waals surface area contributed by atoms with Crippen molar-refractivity contribution in [3.63, 3.8) is 0 Å². The van der Waals surface area contributed by atoms with Crippen LogP contribution in [0.4, 0.5) is 5.69 Å². The molecule has 0 radical (unpaired) electrons. The van der Waals surface area contributed by atoms with Crippen molar-refractivity contribution in [2.75, 3.05) is 51.9 Å². The van der Waals surface area contributed by atoms with Crippen LogP contribution in [0.15, 0.2) is 59.1 Å². The summed E-state index contributed by atoms with van der Waals surface area (Å²) in [7, 11) is 1.59. The first-order valence-corrected chi connectivity index (χ1v) is 14.4. The van der Waals surface area contributed by atoms with Gasteiger partial charge in [0, 0.05) is 67.6 Å². The third-order valence-electron chi connectivity index (χ3n) is 8.69. The molecule has 1 amide bonds. The van der Waals surface area contributed by atoms with Gasteiger partial charge in [-0.2, -0.15) is 5.26 Å². The van der Waals surface area contributed by atoms with Gasteiger partial charge in [-0.15, -0.1) is 0 Å². The number of benzene rings is 2. The number of fused-ring (bicyclic) bond motifs is 2. The van der Waals surface area contributed by atoms with Gasteiger partial charge in [0.1, 0.15) is 23.1 Å². The fraction of sp³-hybridized carbons (Fsp3) is 0.364. The van der Waals surface area contributed by atoms with Gasteiger partial charge in [0.2, 0.25) is 0 Å². The van der Waals surface area contributed by atoms with Crippen molar-refractivity contribution >= 4 is 22.7 Å². The van der Waals surface area contributed by atoms with Crippen molar-refractivity contribution in [2.24, 2.45) is 11.8 Å². The zero-order valence-corrected chi connectivity index (χ0v) is 23.5. The van der Waals surface area contributed by atoms with Crippen molar-refractivity contribution in [3.05, 3.63) is 65.9 Å². The van der Waals surface area contributed by atoms with Gasteiger partial charge in [0.25, 0.3) is 5.91 Å². The second-order valence-corrected chi connectivity index (χ2v) is 11.3. The molecule has 2 unspecified atom stereocenters. The number of hydrogen-bond acceptors (Lipinski definition) is 8. The van der Waals surface area contributed by atoms with E-state index in [0.717, 1.165) is 74.7 Å². The summed E-state index contributed by atoms with van der Waals surface area (Å²) in [6, 6.07) is 17.7. The van der Waals surface area contributed by atoms with E-state index >= 15 is 0 Å². The van der Waals surface area contributed by atoms with Crippen LogP contribution in [0.5, 0.6) is 5.75 Å². The molecule has 1 N–H and O–H groups in total. The zero-order chi connectivity index (χ0) is 28.6. The number of carbonyl (C=O) groups excluding carboxylic acids is 1. The van der Waals surface area contributed by atoms with E-state index in [-0.39, 0.29) is 5.91 Å². The summed E-state index contributed by atoms with van der Waals surface area (Å²) in [4.78, 5) is 19.7. The lowest BCUT2D eigenvalue weighted by Crippen LogP contribution is -2.30. The molecule has 2 atom stereocenters. The third kappa shape index (κ3) is 4.87. The third-order valence-corrected chi connectivity index (χ3v) is 8.69. The first-order valence-electron chi connectivity index (χ1n) is 14.4. The van der Waals surface area contributed by atoms with Gasteiger partial charge in [0.05, 0.1) is 37.1 Å². The summed E-state index contributed by atoms with van der Waals surface area (Å²) in [6.45, 7) is 4.37. The average Bonchev–Trinajstić information content (AvgIpc) is 3.76. The second kappa shape index (κ2) is 11.1. The number of hydrogen-bond donors (Lipinski definition) is 1. The highest BCUT2D eigenvalue weighted by atomic mass is 16.5. The van der Waals surface area contributed by atoms with Gasteiger partial charge in [0.15, 0.2) is 5.58 Å². The number of anilines is 1. The van der Waals surface area contributed by atoms with Crippen molar-refractivity contribution in [3.8, 4) is 34.3 Å². The molecule has 214 valence electrons. The molecule has 3 aliphatic heterocycles. The van der Waals surface area contributed by atoms with E-state index in [1.807, 2.05) is 47.4 Å². The number of nitrogens with one attached hydrogen (secondary N) is 1. The van der Waals surface area contributed by atoms with E-state index in [0.29, 0.717) is 51.6 Å². The van der Waals surface area contributed by atoms with Gasteiger partial charge in [-0.25, -0.2) is 0 Å². The molecule has 2 aromatic carbocycles. The molecule has 5 heterocycles. The number of rotatable bonds is 6. The molecule has 0 aliphatic carbocycles. The predicted molar refractivity (Wildman–Crippen MR) is 157 cm³/mol. The molecule has 9 heteroatoms.